The van der Waals surface area contributed by atoms with Gasteiger partial charge in [-0.1, -0.05) is 56.2 Å². The first-order valence-corrected chi connectivity index (χ1v) is 8.54. The first kappa shape index (κ1) is 20.8. The lowest BCUT2D eigenvalue weighted by Crippen LogP contribution is -2.08. The maximum atomic E-state index is 10.9. The molecule has 1 aromatic rings. The van der Waals surface area contributed by atoms with Gasteiger partial charge in [-0.2, -0.15) is 0 Å². The zero-order valence-corrected chi connectivity index (χ0v) is 14.7. The zero-order chi connectivity index (χ0) is 18.7. The fourth-order valence-electron chi connectivity index (χ4n) is 2.47. The summed E-state index contributed by atoms with van der Waals surface area (Å²) in [6, 6.07) is 6.47. The van der Waals surface area contributed by atoms with Crippen LogP contribution in [0.1, 0.15) is 44.6 Å². The van der Waals surface area contributed by atoms with E-state index in [4.69, 9.17) is 5.11 Å². The number of unbranched alkanes of at least 4 members (excludes halogenated alkanes) is 3. The van der Waals surface area contributed by atoms with E-state index in [1.807, 2.05) is 19.1 Å². The molecule has 2 N–H and O–H groups in total. The van der Waals surface area contributed by atoms with Gasteiger partial charge in [0.1, 0.15) is 0 Å². The van der Waals surface area contributed by atoms with Crippen LogP contribution in [0.25, 0.3) is 5.57 Å². The van der Waals surface area contributed by atoms with Crippen molar-refractivity contribution in [3.8, 4) is 0 Å². The Bertz CT molecular complexity index is 634. The van der Waals surface area contributed by atoms with Gasteiger partial charge in [-0.25, -0.2) is 0 Å². The summed E-state index contributed by atoms with van der Waals surface area (Å²) in [5.41, 5.74) is 2.43. The molecule has 1 unspecified atom stereocenters. The summed E-state index contributed by atoms with van der Waals surface area (Å²) in [7, 11) is 0. The Labute approximate surface area is 149 Å². The summed E-state index contributed by atoms with van der Waals surface area (Å²) in [5, 5.41) is 29.9. The van der Waals surface area contributed by atoms with Gasteiger partial charge in [0.25, 0.3) is 5.69 Å². The first-order chi connectivity index (χ1) is 12.0. The van der Waals surface area contributed by atoms with Crippen LogP contribution in [-0.4, -0.2) is 27.8 Å². The molecular weight excluding hydrogens is 318 g/mol. The van der Waals surface area contributed by atoms with E-state index >= 15 is 0 Å². The van der Waals surface area contributed by atoms with Crippen LogP contribution in [0.5, 0.6) is 0 Å². The van der Waals surface area contributed by atoms with E-state index in [0.29, 0.717) is 6.42 Å². The van der Waals surface area contributed by atoms with Crippen LogP contribution in [0, 0.1) is 10.1 Å². The molecule has 1 rings (SSSR count). The Morgan fingerprint density at radius 2 is 2.00 bits per heavy atom. The number of hydrogen-bond donors (Lipinski definition) is 2. The minimum Gasteiger partial charge on any atom is -0.396 e. The molecule has 0 bridgehead atoms. The molecule has 0 aliphatic carbocycles. The van der Waals surface area contributed by atoms with Gasteiger partial charge in [-0.15, -0.1) is 0 Å². The lowest BCUT2D eigenvalue weighted by Gasteiger charge is -2.11. The first-order valence-electron chi connectivity index (χ1n) is 8.54. The Balaban J connectivity index is 2.73. The lowest BCUT2D eigenvalue weighted by molar-refractivity contribution is -0.384. The second-order valence-corrected chi connectivity index (χ2v) is 5.97. The number of rotatable bonds is 11. The van der Waals surface area contributed by atoms with Crippen molar-refractivity contribution in [1.29, 1.82) is 0 Å². The molecule has 0 fully saturated rings. The van der Waals surface area contributed by atoms with Crippen molar-refractivity contribution in [3.05, 3.63) is 70.3 Å². The standard InChI is InChI=1S/C20H27NO4/c1-3-17(20(23)11-6-4-5-7-14-22)13-12-16(2)18-9-8-10-19(15-18)21(24)25/h3,8-10,12-13,15,20,22-23H,1,4-7,11,14H2,2H3/b16-12+,17-13+. The maximum absolute atomic E-state index is 10.9. The average molecular weight is 345 g/mol. The highest BCUT2D eigenvalue weighted by Crippen LogP contribution is 2.21. The summed E-state index contributed by atoms with van der Waals surface area (Å²) in [5.74, 6) is 0. The molecular formula is C20H27NO4. The molecule has 0 aliphatic rings. The van der Waals surface area contributed by atoms with Crippen molar-refractivity contribution in [2.24, 2.45) is 0 Å². The van der Waals surface area contributed by atoms with Gasteiger partial charge in [0.15, 0.2) is 0 Å². The molecule has 5 heteroatoms. The number of nitro groups is 1. The third-order valence-electron chi connectivity index (χ3n) is 4.04. The number of non-ortho nitro benzene ring substituents is 1. The number of nitrogens with zero attached hydrogens (tertiary/aromatic N) is 1. The monoisotopic (exact) mass is 345 g/mol. The number of allylic oxidation sites excluding steroid dienone is 3. The number of aliphatic hydroxyl groups is 2. The highest BCUT2D eigenvalue weighted by molar-refractivity contribution is 5.67. The fraction of sp³-hybridized carbons (Fsp3) is 0.400. The molecule has 25 heavy (non-hydrogen) atoms. The van der Waals surface area contributed by atoms with Crippen molar-refractivity contribution in [2.45, 2.75) is 45.1 Å². The summed E-state index contributed by atoms with van der Waals surface area (Å²) in [6.45, 7) is 5.83. The molecule has 0 amide bonds. The Kier molecular flexibility index (Phi) is 9.43. The second kappa shape index (κ2) is 11.3. The van der Waals surface area contributed by atoms with Gasteiger partial charge < -0.3 is 10.2 Å². The van der Waals surface area contributed by atoms with Gasteiger partial charge in [-0.05, 0) is 36.5 Å². The zero-order valence-electron chi connectivity index (χ0n) is 14.7. The lowest BCUT2D eigenvalue weighted by atomic mass is 10.0. The SMILES string of the molecule is C=C/C(=C\C=C(/C)c1cccc([N+](=O)[O-])c1)C(O)CCCCCCO. The van der Waals surface area contributed by atoms with Crippen LogP contribution >= 0.6 is 0 Å². The molecule has 0 radical (unpaired) electrons. The minimum atomic E-state index is -0.583. The van der Waals surface area contributed by atoms with Gasteiger partial charge >= 0.3 is 0 Å². The summed E-state index contributed by atoms with van der Waals surface area (Å²) in [6.07, 6.45) is 8.96. The molecule has 1 aromatic carbocycles. The topological polar surface area (TPSA) is 83.6 Å². The number of nitro benzene ring substituents is 1. The smallest absolute Gasteiger partial charge is 0.270 e. The predicted octanol–water partition coefficient (Wildman–Crippen LogP) is 4.41. The molecule has 0 saturated carbocycles. The van der Waals surface area contributed by atoms with E-state index in [1.165, 1.54) is 12.1 Å². The average Bonchev–Trinajstić information content (AvgIpc) is 2.61. The van der Waals surface area contributed by atoms with Gasteiger partial charge in [-0.3, -0.25) is 10.1 Å². The van der Waals surface area contributed by atoms with Crippen LogP contribution in [0.2, 0.25) is 0 Å². The van der Waals surface area contributed by atoms with Crippen molar-refractivity contribution in [1.82, 2.24) is 0 Å². The third kappa shape index (κ3) is 7.45. The van der Waals surface area contributed by atoms with E-state index in [-0.39, 0.29) is 12.3 Å². The quantitative estimate of drug-likeness (QED) is 0.269. The molecule has 0 heterocycles. The number of hydrogen-bond acceptors (Lipinski definition) is 4. The van der Waals surface area contributed by atoms with Crippen molar-refractivity contribution in [3.63, 3.8) is 0 Å². The van der Waals surface area contributed by atoms with Gasteiger partial charge in [0.2, 0.25) is 0 Å². The molecule has 136 valence electrons. The normalized spacial score (nSPS) is 13.6. The van der Waals surface area contributed by atoms with E-state index in [0.717, 1.165) is 42.4 Å². The van der Waals surface area contributed by atoms with E-state index < -0.39 is 11.0 Å². The molecule has 0 spiro atoms. The van der Waals surface area contributed by atoms with Crippen LogP contribution < -0.4 is 0 Å². The summed E-state index contributed by atoms with van der Waals surface area (Å²) < 4.78 is 0. The Morgan fingerprint density at radius 1 is 1.28 bits per heavy atom. The molecule has 0 aliphatic heterocycles. The Morgan fingerprint density at radius 3 is 2.64 bits per heavy atom. The fourth-order valence-corrected chi connectivity index (χ4v) is 2.47. The molecule has 5 nitrogen and oxygen atoms in total. The summed E-state index contributed by atoms with van der Waals surface area (Å²) in [4.78, 5) is 10.4. The van der Waals surface area contributed by atoms with Gasteiger partial charge in [0, 0.05) is 18.7 Å². The van der Waals surface area contributed by atoms with Crippen molar-refractivity contribution >= 4 is 11.3 Å². The van der Waals surface area contributed by atoms with Crippen LogP contribution in [0.15, 0.2) is 54.6 Å². The van der Waals surface area contributed by atoms with Crippen LogP contribution in [0.4, 0.5) is 5.69 Å². The summed E-state index contributed by atoms with van der Waals surface area (Å²) >= 11 is 0. The van der Waals surface area contributed by atoms with Gasteiger partial charge in [0.05, 0.1) is 11.0 Å². The Hall–Kier alpha value is -2.24. The van der Waals surface area contributed by atoms with Crippen LogP contribution in [0.3, 0.4) is 0 Å². The minimum absolute atomic E-state index is 0.0566. The van der Waals surface area contributed by atoms with Crippen molar-refractivity contribution in [2.75, 3.05) is 6.61 Å². The molecule has 0 aromatic heterocycles. The van der Waals surface area contributed by atoms with E-state index in [1.54, 1.807) is 18.2 Å². The van der Waals surface area contributed by atoms with Crippen molar-refractivity contribution < 1.29 is 15.1 Å². The predicted molar refractivity (Wildman–Crippen MR) is 101 cm³/mol. The molecule has 0 saturated heterocycles. The second-order valence-electron chi connectivity index (χ2n) is 5.97. The largest absolute Gasteiger partial charge is 0.396 e. The number of aliphatic hydroxyl groups excluding tert-OH is 2. The number of benzene rings is 1. The maximum Gasteiger partial charge on any atom is 0.270 e. The third-order valence-corrected chi connectivity index (χ3v) is 4.04. The highest BCUT2D eigenvalue weighted by atomic mass is 16.6. The highest BCUT2D eigenvalue weighted by Gasteiger charge is 2.08. The molecule has 1 atom stereocenters. The van der Waals surface area contributed by atoms with E-state index in [9.17, 15) is 15.2 Å². The van der Waals surface area contributed by atoms with E-state index in [2.05, 4.69) is 6.58 Å². The van der Waals surface area contributed by atoms with Crippen LogP contribution in [-0.2, 0) is 0 Å².